The molecule has 0 aromatic rings. The second-order valence-corrected chi connectivity index (χ2v) is 2.71. The van der Waals surface area contributed by atoms with Gasteiger partial charge < -0.3 is 0 Å². The summed E-state index contributed by atoms with van der Waals surface area (Å²) in [4.78, 5) is 0. The first-order valence-electron chi connectivity index (χ1n) is 2.38. The second-order valence-electron chi connectivity index (χ2n) is 1.77. The fourth-order valence-electron chi connectivity index (χ4n) is 0.615. The molecule has 0 amide bonds. The van der Waals surface area contributed by atoms with Gasteiger partial charge in [0, 0.05) is 0 Å². The third-order valence-corrected chi connectivity index (χ3v) is 2.10. The zero-order chi connectivity index (χ0) is 5.28. The van der Waals surface area contributed by atoms with Crippen molar-refractivity contribution in [2.45, 2.75) is 13.3 Å². The Hall–Kier alpha value is 0.484. The molecule has 0 unspecified atom stereocenters. The summed E-state index contributed by atoms with van der Waals surface area (Å²) < 4.78 is 1.51. The fourth-order valence-corrected chi connectivity index (χ4v) is 0.929. The average Bonchev–Trinajstić information content (AvgIpc) is 1.91. The van der Waals surface area contributed by atoms with Gasteiger partial charge >= 0.3 is 55.4 Å². The van der Waals surface area contributed by atoms with Crippen LogP contribution in [0, 0.1) is 0 Å². The third-order valence-electron chi connectivity index (χ3n) is 1.17. The minimum Gasteiger partial charge on any atom is -0.147 e. The van der Waals surface area contributed by atoms with Crippen LogP contribution >= 0.6 is 12.4 Å². The maximum Gasteiger partial charge on any atom is -0.147 e. The maximum absolute atomic E-state index is 2.20. The van der Waals surface area contributed by atoms with Crippen molar-refractivity contribution in [3.05, 3.63) is 21.6 Å². The smallest absolute Gasteiger partial charge is 0.147 e. The number of halogens is 1. The van der Waals surface area contributed by atoms with Crippen LogP contribution in [-0.2, 0) is 20.4 Å². The molecule has 0 saturated heterocycles. The van der Waals surface area contributed by atoms with Gasteiger partial charge in [-0.25, -0.2) is 0 Å². The molecule has 0 radical (unpaired) electrons. The van der Waals surface area contributed by atoms with Gasteiger partial charge in [-0.15, -0.1) is 12.4 Å². The van der Waals surface area contributed by atoms with E-state index in [4.69, 9.17) is 0 Å². The van der Waals surface area contributed by atoms with Gasteiger partial charge in [0.05, 0.1) is 0 Å². The van der Waals surface area contributed by atoms with Gasteiger partial charge in [0.25, 0.3) is 0 Å². The monoisotopic (exact) mass is 163 g/mol. The molecule has 1 rings (SSSR count). The van der Waals surface area contributed by atoms with Crippen LogP contribution in [0.5, 0.6) is 0 Å². The van der Waals surface area contributed by atoms with Gasteiger partial charge in [0.15, 0.2) is 0 Å². The molecule has 0 saturated carbocycles. The van der Waals surface area contributed by atoms with Crippen molar-refractivity contribution in [3.63, 3.8) is 0 Å². The van der Waals surface area contributed by atoms with E-state index < -0.39 is 0 Å². The van der Waals surface area contributed by atoms with Crippen molar-refractivity contribution in [3.8, 4) is 0 Å². The zero-order valence-corrected chi connectivity index (χ0v) is 7.15. The molecular weight excluding hydrogens is 155 g/mol. The molecule has 43 valence electrons. The van der Waals surface area contributed by atoms with Gasteiger partial charge in [-0.2, -0.15) is 0 Å². The minimum atomic E-state index is 0. The van der Waals surface area contributed by atoms with Crippen LogP contribution in [0.3, 0.4) is 0 Å². The fraction of sp³-hybridized carbons (Fsp3) is 0.333. The predicted octanol–water partition coefficient (Wildman–Crippen LogP) is 2.19. The maximum atomic E-state index is 2.20. The van der Waals surface area contributed by atoms with Gasteiger partial charge in [-0.05, 0) is 0 Å². The summed E-state index contributed by atoms with van der Waals surface area (Å²) in [6.07, 6.45) is 5.55. The van der Waals surface area contributed by atoms with Crippen LogP contribution in [0.1, 0.15) is 13.3 Å². The second kappa shape index (κ2) is 3.50. The predicted molar refractivity (Wildman–Crippen MR) is 33.7 cm³/mol. The summed E-state index contributed by atoms with van der Waals surface area (Å²) in [5.41, 5.74) is 1.44. The van der Waals surface area contributed by atoms with Crippen molar-refractivity contribution >= 4 is 12.4 Å². The van der Waals surface area contributed by atoms with E-state index in [9.17, 15) is 0 Å². The Kier molecular flexibility index (Phi) is 3.71. The first kappa shape index (κ1) is 8.48. The molecule has 0 aromatic heterocycles. The molecule has 0 aromatic carbocycles. The zero-order valence-electron chi connectivity index (χ0n) is 4.77. The van der Waals surface area contributed by atoms with Crippen LogP contribution in [-0.4, -0.2) is 0 Å². The first-order valence-corrected chi connectivity index (χ1v) is 3.16. The molecule has 1 aliphatic rings. The van der Waals surface area contributed by atoms with Crippen LogP contribution in [0.15, 0.2) is 21.6 Å². The third kappa shape index (κ3) is 1.77. The quantitative estimate of drug-likeness (QED) is 0.480. The molecule has 0 fully saturated rings. The Morgan fingerprint density at radius 2 is 2.25 bits per heavy atom. The summed E-state index contributed by atoms with van der Waals surface area (Å²) in [6.45, 7) is 2.15. The van der Waals surface area contributed by atoms with Crippen molar-refractivity contribution in [2.75, 3.05) is 0 Å². The van der Waals surface area contributed by atoms with Crippen molar-refractivity contribution in [2.24, 2.45) is 0 Å². The SMILES string of the molecule is CC1=[C]([Ti])CC=C1.Cl. The van der Waals surface area contributed by atoms with E-state index >= 15 is 0 Å². The minimum absolute atomic E-state index is 0. The Morgan fingerprint density at radius 1 is 1.62 bits per heavy atom. The van der Waals surface area contributed by atoms with E-state index in [1.54, 1.807) is 0 Å². The van der Waals surface area contributed by atoms with E-state index in [2.05, 4.69) is 39.5 Å². The number of allylic oxidation sites excluding steroid dienone is 4. The molecule has 0 aliphatic heterocycles. The normalized spacial score (nSPS) is 16.5. The molecule has 0 N–H and O–H groups in total. The number of hydrogen-bond acceptors (Lipinski definition) is 0. The molecule has 1 aliphatic carbocycles. The molecule has 0 nitrogen and oxygen atoms in total. The van der Waals surface area contributed by atoms with Crippen molar-refractivity contribution < 1.29 is 20.4 Å². The van der Waals surface area contributed by atoms with Crippen molar-refractivity contribution in [1.82, 2.24) is 0 Å². The molecule has 8 heavy (non-hydrogen) atoms. The number of rotatable bonds is 0. The topological polar surface area (TPSA) is 0 Å². The van der Waals surface area contributed by atoms with Crippen molar-refractivity contribution in [1.29, 1.82) is 0 Å². The van der Waals surface area contributed by atoms with E-state index in [-0.39, 0.29) is 12.4 Å². The van der Waals surface area contributed by atoms with E-state index in [1.165, 1.54) is 15.9 Å². The summed E-state index contributed by atoms with van der Waals surface area (Å²) in [6, 6.07) is 0. The molecule has 0 atom stereocenters. The molecule has 2 heteroatoms. The molecule has 0 heterocycles. The van der Waals surface area contributed by atoms with Crippen LogP contribution in [0.4, 0.5) is 0 Å². The van der Waals surface area contributed by atoms with Crippen LogP contribution < -0.4 is 0 Å². The van der Waals surface area contributed by atoms with E-state index in [0.29, 0.717) is 0 Å². The largest absolute Gasteiger partial charge is 0.147 e. The van der Waals surface area contributed by atoms with Crippen LogP contribution in [0.2, 0.25) is 0 Å². The molecule has 0 bridgehead atoms. The van der Waals surface area contributed by atoms with Gasteiger partial charge in [-0.3, -0.25) is 0 Å². The molecule has 0 spiro atoms. The number of hydrogen-bond donors (Lipinski definition) is 0. The first-order chi connectivity index (χ1) is 3.30. The Morgan fingerprint density at radius 3 is 2.38 bits per heavy atom. The van der Waals surface area contributed by atoms with E-state index in [1.807, 2.05) is 0 Å². The summed E-state index contributed by atoms with van der Waals surface area (Å²) >= 11 is 2.18. The van der Waals surface area contributed by atoms with Gasteiger partial charge in [0.1, 0.15) is 0 Å². The summed E-state index contributed by atoms with van der Waals surface area (Å²) in [5.74, 6) is 0. The summed E-state index contributed by atoms with van der Waals surface area (Å²) in [5, 5.41) is 0. The Labute approximate surface area is 67.9 Å². The standard InChI is InChI=1S/C6H7.ClH.Ti/c1-6-4-2-3-5-6;;/h2,4H,3H2,1H3;1H;. The Bertz CT molecular complexity index is 135. The van der Waals surface area contributed by atoms with Crippen LogP contribution in [0.25, 0.3) is 0 Å². The molecular formula is C6H8ClTi. The summed E-state index contributed by atoms with van der Waals surface area (Å²) in [7, 11) is 0. The van der Waals surface area contributed by atoms with E-state index in [0.717, 1.165) is 0 Å². The van der Waals surface area contributed by atoms with Gasteiger partial charge in [-0.1, -0.05) is 0 Å². The van der Waals surface area contributed by atoms with Gasteiger partial charge in [0.2, 0.25) is 0 Å². The Balaban J connectivity index is 0.000000490. The average molecular weight is 163 g/mol.